The van der Waals surface area contributed by atoms with E-state index in [0.29, 0.717) is 12.2 Å². The molecule has 2 aliphatic carbocycles. The van der Waals surface area contributed by atoms with E-state index in [2.05, 4.69) is 4.72 Å². The highest BCUT2D eigenvalue weighted by atomic mass is 32.2. The van der Waals surface area contributed by atoms with Crippen LogP contribution in [0.3, 0.4) is 0 Å². The fourth-order valence-electron chi connectivity index (χ4n) is 2.97. The molecule has 6 nitrogen and oxygen atoms in total. The van der Waals surface area contributed by atoms with E-state index in [4.69, 9.17) is 9.84 Å². The average Bonchev–Trinajstić information content (AvgIpc) is 3.14. The number of sulfonamides is 1. The average molecular weight is 339 g/mol. The van der Waals surface area contributed by atoms with Gasteiger partial charge in [0, 0.05) is 6.54 Å². The predicted octanol–water partition coefficient (Wildman–Crippen LogP) is 2.01. The number of hydrogen-bond acceptors (Lipinski definition) is 4. The molecule has 0 aromatic heterocycles. The first-order valence-corrected chi connectivity index (χ1v) is 9.43. The quantitative estimate of drug-likeness (QED) is 0.793. The van der Waals surface area contributed by atoms with Gasteiger partial charge in [-0.1, -0.05) is 0 Å². The summed E-state index contributed by atoms with van der Waals surface area (Å²) < 4.78 is 32.7. The van der Waals surface area contributed by atoms with Crippen LogP contribution in [0.25, 0.3) is 0 Å². The molecule has 23 heavy (non-hydrogen) atoms. The standard InChI is InChI=1S/C16H21NO5S/c18-16(19)15-9-11(15)10-17-23(20,21)14-7-5-13(6-8-14)22-12-3-1-2-4-12/h5-8,11-12,15,17H,1-4,9-10H2,(H,18,19)/t11-,15-/m1/s1. The summed E-state index contributed by atoms with van der Waals surface area (Å²) in [5.74, 6) is -0.696. The maximum atomic E-state index is 12.2. The lowest BCUT2D eigenvalue weighted by molar-refractivity contribution is -0.138. The lowest BCUT2D eigenvalue weighted by atomic mass is 10.3. The van der Waals surface area contributed by atoms with Gasteiger partial charge in [-0.25, -0.2) is 13.1 Å². The van der Waals surface area contributed by atoms with Crippen LogP contribution in [-0.4, -0.2) is 32.1 Å². The fraction of sp³-hybridized carbons (Fsp3) is 0.562. The Morgan fingerprint density at radius 1 is 1.22 bits per heavy atom. The van der Waals surface area contributed by atoms with E-state index in [1.54, 1.807) is 12.1 Å². The van der Waals surface area contributed by atoms with Crippen LogP contribution in [0.5, 0.6) is 5.75 Å². The summed E-state index contributed by atoms with van der Waals surface area (Å²) in [4.78, 5) is 10.9. The molecule has 0 amide bonds. The largest absolute Gasteiger partial charge is 0.490 e. The minimum absolute atomic E-state index is 0.104. The summed E-state index contributed by atoms with van der Waals surface area (Å²) in [7, 11) is -3.61. The molecule has 1 aromatic rings. The minimum Gasteiger partial charge on any atom is -0.490 e. The van der Waals surface area contributed by atoms with Gasteiger partial charge in [-0.2, -0.15) is 0 Å². The number of carbonyl (C=O) groups is 1. The van der Waals surface area contributed by atoms with Crippen LogP contribution in [0.15, 0.2) is 29.2 Å². The predicted molar refractivity (Wildman–Crippen MR) is 83.7 cm³/mol. The number of carboxylic acids is 1. The van der Waals surface area contributed by atoms with Gasteiger partial charge in [-0.3, -0.25) is 4.79 Å². The van der Waals surface area contributed by atoms with Gasteiger partial charge in [-0.15, -0.1) is 0 Å². The van der Waals surface area contributed by atoms with Crippen LogP contribution < -0.4 is 9.46 Å². The lowest BCUT2D eigenvalue weighted by Crippen LogP contribution is -2.26. The van der Waals surface area contributed by atoms with Gasteiger partial charge < -0.3 is 9.84 Å². The zero-order chi connectivity index (χ0) is 16.4. The smallest absolute Gasteiger partial charge is 0.306 e. The van der Waals surface area contributed by atoms with E-state index >= 15 is 0 Å². The maximum absolute atomic E-state index is 12.2. The Kier molecular flexibility index (Phi) is 4.59. The molecular weight excluding hydrogens is 318 g/mol. The van der Waals surface area contributed by atoms with Gasteiger partial charge in [0.05, 0.1) is 16.9 Å². The molecule has 0 radical (unpaired) electrons. The Labute approximate surface area is 135 Å². The first-order chi connectivity index (χ1) is 11.0. The van der Waals surface area contributed by atoms with Crippen LogP contribution in [0.1, 0.15) is 32.1 Å². The minimum atomic E-state index is -3.61. The highest BCUT2D eigenvalue weighted by molar-refractivity contribution is 7.89. The second kappa shape index (κ2) is 6.49. The van der Waals surface area contributed by atoms with Gasteiger partial charge in [0.1, 0.15) is 5.75 Å². The summed E-state index contributed by atoms with van der Waals surface area (Å²) in [6.07, 6.45) is 5.23. The van der Waals surface area contributed by atoms with Crippen LogP contribution in [-0.2, 0) is 14.8 Å². The number of hydrogen-bond donors (Lipinski definition) is 2. The Balaban J connectivity index is 1.56. The second-order valence-corrected chi connectivity index (χ2v) is 8.06. The molecular formula is C16H21NO5S. The van der Waals surface area contributed by atoms with Crippen molar-refractivity contribution >= 4 is 16.0 Å². The third-order valence-electron chi connectivity index (χ3n) is 4.51. The summed E-state index contributed by atoms with van der Waals surface area (Å²) in [6, 6.07) is 6.39. The summed E-state index contributed by atoms with van der Waals surface area (Å²) >= 11 is 0. The van der Waals surface area contributed by atoms with E-state index < -0.39 is 21.9 Å². The van der Waals surface area contributed by atoms with E-state index in [1.807, 2.05) is 0 Å². The van der Waals surface area contributed by atoms with Gasteiger partial charge in [0.25, 0.3) is 0 Å². The summed E-state index contributed by atoms with van der Waals surface area (Å²) in [6.45, 7) is 0.166. The van der Waals surface area contributed by atoms with Crippen molar-refractivity contribution < 1.29 is 23.1 Å². The number of nitrogens with one attached hydrogen (secondary N) is 1. The summed E-state index contributed by atoms with van der Waals surface area (Å²) in [5.41, 5.74) is 0. The molecule has 0 unspecified atom stereocenters. The van der Waals surface area contributed by atoms with Crippen molar-refractivity contribution in [3.05, 3.63) is 24.3 Å². The van der Waals surface area contributed by atoms with E-state index in [-0.39, 0.29) is 23.5 Å². The Morgan fingerprint density at radius 2 is 1.87 bits per heavy atom. The maximum Gasteiger partial charge on any atom is 0.306 e. The molecule has 2 saturated carbocycles. The number of carboxylic acid groups (broad SMARTS) is 1. The highest BCUT2D eigenvalue weighted by Crippen LogP contribution is 2.38. The van der Waals surface area contributed by atoms with Crippen LogP contribution in [0.2, 0.25) is 0 Å². The number of benzene rings is 1. The number of rotatable bonds is 7. The topological polar surface area (TPSA) is 92.7 Å². The van der Waals surface area contributed by atoms with Gasteiger partial charge in [0.15, 0.2) is 0 Å². The lowest BCUT2D eigenvalue weighted by Gasteiger charge is -2.13. The van der Waals surface area contributed by atoms with Crippen LogP contribution >= 0.6 is 0 Å². The highest BCUT2D eigenvalue weighted by Gasteiger charge is 2.43. The normalized spacial score (nSPS) is 24.5. The SMILES string of the molecule is O=C(O)[C@@H]1C[C@@H]1CNS(=O)(=O)c1ccc(OC2CCCC2)cc1. The Bertz CT molecular complexity index is 664. The molecule has 2 aliphatic rings. The third-order valence-corrected chi connectivity index (χ3v) is 5.95. The number of aliphatic carboxylic acids is 1. The van der Waals surface area contributed by atoms with Crippen molar-refractivity contribution in [2.75, 3.05) is 6.54 Å². The van der Waals surface area contributed by atoms with Gasteiger partial charge in [-0.05, 0) is 62.3 Å². The summed E-state index contributed by atoms with van der Waals surface area (Å²) in [5, 5.41) is 8.83. The fourth-order valence-corrected chi connectivity index (χ4v) is 4.07. The number of ether oxygens (including phenoxy) is 1. The molecule has 126 valence electrons. The van der Waals surface area contributed by atoms with Crippen molar-refractivity contribution in [1.29, 1.82) is 0 Å². The van der Waals surface area contributed by atoms with Crippen molar-refractivity contribution in [3.63, 3.8) is 0 Å². The van der Waals surface area contributed by atoms with E-state index in [9.17, 15) is 13.2 Å². The van der Waals surface area contributed by atoms with Gasteiger partial charge in [0.2, 0.25) is 10.0 Å². The van der Waals surface area contributed by atoms with E-state index in [1.165, 1.54) is 25.0 Å². The van der Waals surface area contributed by atoms with Crippen molar-refractivity contribution in [2.24, 2.45) is 11.8 Å². The molecule has 0 heterocycles. The molecule has 2 fully saturated rings. The van der Waals surface area contributed by atoms with Crippen molar-refractivity contribution in [1.82, 2.24) is 4.72 Å². The molecule has 0 saturated heterocycles. The van der Waals surface area contributed by atoms with Gasteiger partial charge >= 0.3 is 5.97 Å². The third kappa shape index (κ3) is 4.03. The van der Waals surface area contributed by atoms with Crippen LogP contribution in [0.4, 0.5) is 0 Å². The molecule has 0 spiro atoms. The monoisotopic (exact) mass is 339 g/mol. The molecule has 1 aromatic carbocycles. The van der Waals surface area contributed by atoms with Crippen molar-refractivity contribution in [3.8, 4) is 5.75 Å². The Hall–Kier alpha value is -1.60. The molecule has 2 atom stereocenters. The molecule has 7 heteroatoms. The van der Waals surface area contributed by atoms with Crippen molar-refractivity contribution in [2.45, 2.75) is 43.1 Å². The molecule has 0 aliphatic heterocycles. The molecule has 2 N–H and O–H groups in total. The first-order valence-electron chi connectivity index (χ1n) is 7.95. The zero-order valence-electron chi connectivity index (χ0n) is 12.8. The van der Waals surface area contributed by atoms with E-state index in [0.717, 1.165) is 12.8 Å². The second-order valence-electron chi connectivity index (χ2n) is 6.29. The molecule has 3 rings (SSSR count). The Morgan fingerprint density at radius 3 is 2.43 bits per heavy atom. The van der Waals surface area contributed by atoms with Crippen LogP contribution in [0, 0.1) is 11.8 Å². The first kappa shape index (κ1) is 16.3. The zero-order valence-corrected chi connectivity index (χ0v) is 13.6. The molecule has 0 bridgehead atoms.